The van der Waals surface area contributed by atoms with Crippen molar-refractivity contribution in [2.24, 2.45) is 7.05 Å². The summed E-state index contributed by atoms with van der Waals surface area (Å²) in [4.78, 5) is 12.7. The van der Waals surface area contributed by atoms with Gasteiger partial charge < -0.3 is 26.1 Å². The van der Waals surface area contributed by atoms with Crippen molar-refractivity contribution < 1.29 is 9.13 Å². The molecule has 1 aliphatic heterocycles. The van der Waals surface area contributed by atoms with Crippen LogP contribution in [0, 0.1) is 5.82 Å². The van der Waals surface area contributed by atoms with E-state index in [1.54, 1.807) is 12.1 Å². The van der Waals surface area contributed by atoms with E-state index >= 15 is 0 Å². The third kappa shape index (κ3) is 3.29. The summed E-state index contributed by atoms with van der Waals surface area (Å²) in [6.45, 7) is 4.93. The summed E-state index contributed by atoms with van der Waals surface area (Å²) < 4.78 is 22.1. The summed E-state index contributed by atoms with van der Waals surface area (Å²) in [5, 5.41) is 3.18. The number of halogens is 1. The molecule has 2 aromatic heterocycles. The van der Waals surface area contributed by atoms with Crippen LogP contribution in [-0.4, -0.2) is 32.7 Å². The van der Waals surface area contributed by atoms with Crippen LogP contribution in [-0.2, 0) is 11.8 Å². The fourth-order valence-electron chi connectivity index (χ4n) is 3.54. The number of anilines is 3. The number of nitrogens with zero attached hydrogens (tertiary/aromatic N) is 4. The van der Waals surface area contributed by atoms with Gasteiger partial charge in [0.1, 0.15) is 29.7 Å². The molecule has 1 aliphatic rings. The number of imidazole rings is 1. The summed E-state index contributed by atoms with van der Waals surface area (Å²) in [5.41, 5.74) is 14.9. The summed E-state index contributed by atoms with van der Waals surface area (Å²) in [6, 6.07) is 2.70. The molecule has 0 amide bonds. The topological polar surface area (TPSA) is 117 Å². The standard InChI is InChI=1S/C20H22FN7O/c1-3-13(26-19-16(22)18(23)24-10-25-19)20-27-14-5-4-12(21)15(17(14)28(20)2)11-6-8-29-9-7-11/h3-6,10,13H,1,7-9,22H2,2H3,(H3,23,24,25,26)/t13-/m0/s1. The second-order valence-corrected chi connectivity index (χ2v) is 6.75. The minimum Gasteiger partial charge on any atom is -0.393 e. The molecule has 8 nitrogen and oxygen atoms in total. The van der Waals surface area contributed by atoms with E-state index in [0.717, 1.165) is 11.1 Å². The van der Waals surface area contributed by atoms with Crippen LogP contribution in [0.5, 0.6) is 0 Å². The van der Waals surface area contributed by atoms with Gasteiger partial charge in [0, 0.05) is 12.6 Å². The van der Waals surface area contributed by atoms with Crippen LogP contribution in [0.25, 0.3) is 16.6 Å². The molecule has 0 bridgehead atoms. The molecule has 5 N–H and O–H groups in total. The Morgan fingerprint density at radius 2 is 2.17 bits per heavy atom. The molecule has 3 heterocycles. The number of nitrogens with two attached hydrogens (primary N) is 2. The highest BCUT2D eigenvalue weighted by molar-refractivity contribution is 5.90. The number of nitrogen functional groups attached to an aromatic ring is 2. The summed E-state index contributed by atoms with van der Waals surface area (Å²) in [7, 11) is 1.85. The van der Waals surface area contributed by atoms with Gasteiger partial charge in [-0.1, -0.05) is 12.2 Å². The summed E-state index contributed by atoms with van der Waals surface area (Å²) in [6.07, 6.45) is 5.58. The van der Waals surface area contributed by atoms with Crippen molar-refractivity contribution in [3.8, 4) is 0 Å². The predicted octanol–water partition coefficient (Wildman–Crippen LogP) is 2.81. The van der Waals surface area contributed by atoms with Crippen LogP contribution in [0.2, 0.25) is 0 Å². The van der Waals surface area contributed by atoms with Gasteiger partial charge in [0.15, 0.2) is 11.6 Å². The van der Waals surface area contributed by atoms with Gasteiger partial charge in [0.25, 0.3) is 0 Å². The first-order valence-electron chi connectivity index (χ1n) is 9.18. The first-order valence-corrected chi connectivity index (χ1v) is 9.18. The number of hydrogen-bond donors (Lipinski definition) is 3. The quantitative estimate of drug-likeness (QED) is 0.569. The average Bonchev–Trinajstić information content (AvgIpc) is 3.06. The predicted molar refractivity (Wildman–Crippen MR) is 112 cm³/mol. The van der Waals surface area contributed by atoms with Crippen molar-refractivity contribution in [1.29, 1.82) is 0 Å². The van der Waals surface area contributed by atoms with Gasteiger partial charge in [-0.15, -0.1) is 6.58 Å². The van der Waals surface area contributed by atoms with Gasteiger partial charge in [-0.25, -0.2) is 19.3 Å². The molecule has 0 aliphatic carbocycles. The van der Waals surface area contributed by atoms with Crippen LogP contribution < -0.4 is 16.8 Å². The second-order valence-electron chi connectivity index (χ2n) is 6.75. The molecule has 9 heteroatoms. The Morgan fingerprint density at radius 3 is 2.90 bits per heavy atom. The maximum Gasteiger partial charge on any atom is 0.155 e. The minimum absolute atomic E-state index is 0.186. The van der Waals surface area contributed by atoms with Gasteiger partial charge in [-0.05, 0) is 24.1 Å². The van der Waals surface area contributed by atoms with Crippen molar-refractivity contribution in [2.75, 3.05) is 30.0 Å². The van der Waals surface area contributed by atoms with Crippen LogP contribution >= 0.6 is 0 Å². The van der Waals surface area contributed by atoms with Crippen LogP contribution in [0.4, 0.5) is 21.7 Å². The molecule has 0 spiro atoms. The molecule has 0 fully saturated rings. The van der Waals surface area contributed by atoms with Gasteiger partial charge in [0.2, 0.25) is 0 Å². The molecule has 150 valence electrons. The summed E-state index contributed by atoms with van der Waals surface area (Å²) >= 11 is 0. The average molecular weight is 395 g/mol. The zero-order valence-electron chi connectivity index (χ0n) is 16.0. The maximum absolute atomic E-state index is 14.8. The number of fused-ring (bicyclic) bond motifs is 1. The second kappa shape index (κ2) is 7.51. The Bertz CT molecular complexity index is 1120. The van der Waals surface area contributed by atoms with Crippen molar-refractivity contribution in [3.63, 3.8) is 0 Å². The Balaban J connectivity index is 1.81. The smallest absolute Gasteiger partial charge is 0.155 e. The molecule has 1 aromatic carbocycles. The molecule has 0 saturated heterocycles. The number of rotatable bonds is 5. The van der Waals surface area contributed by atoms with E-state index in [0.29, 0.717) is 42.4 Å². The van der Waals surface area contributed by atoms with Crippen LogP contribution in [0.15, 0.2) is 37.2 Å². The van der Waals surface area contributed by atoms with Crippen molar-refractivity contribution in [1.82, 2.24) is 19.5 Å². The number of benzene rings is 1. The van der Waals surface area contributed by atoms with E-state index in [9.17, 15) is 4.39 Å². The molecule has 4 rings (SSSR count). The van der Waals surface area contributed by atoms with Crippen LogP contribution in [0.3, 0.4) is 0 Å². The molecular formula is C20H22FN7O. The lowest BCUT2D eigenvalue weighted by molar-refractivity contribution is 0.161. The van der Waals surface area contributed by atoms with Crippen molar-refractivity contribution in [3.05, 3.63) is 54.4 Å². The molecule has 1 atom stereocenters. The van der Waals surface area contributed by atoms with E-state index < -0.39 is 6.04 Å². The van der Waals surface area contributed by atoms with E-state index in [1.807, 2.05) is 17.7 Å². The first-order chi connectivity index (χ1) is 14.0. The molecular weight excluding hydrogens is 373 g/mol. The number of aromatic nitrogens is 4. The fraction of sp³-hybridized carbons (Fsp3) is 0.250. The molecule has 0 saturated carbocycles. The highest BCUT2D eigenvalue weighted by Gasteiger charge is 2.23. The van der Waals surface area contributed by atoms with Gasteiger partial charge >= 0.3 is 0 Å². The Morgan fingerprint density at radius 1 is 1.34 bits per heavy atom. The molecule has 0 unspecified atom stereocenters. The summed E-state index contributed by atoms with van der Waals surface area (Å²) in [5.74, 6) is 0.932. The molecule has 0 radical (unpaired) electrons. The lowest BCUT2D eigenvalue weighted by atomic mass is 9.99. The highest BCUT2D eigenvalue weighted by Crippen LogP contribution is 2.33. The van der Waals surface area contributed by atoms with Gasteiger partial charge in [0.05, 0.1) is 24.2 Å². The minimum atomic E-state index is -0.427. The van der Waals surface area contributed by atoms with E-state index in [1.165, 1.54) is 12.4 Å². The maximum atomic E-state index is 14.8. The zero-order chi connectivity index (χ0) is 20.5. The Labute approximate surface area is 167 Å². The highest BCUT2D eigenvalue weighted by atomic mass is 19.1. The van der Waals surface area contributed by atoms with Gasteiger partial charge in [-0.3, -0.25) is 0 Å². The molecule has 29 heavy (non-hydrogen) atoms. The van der Waals surface area contributed by atoms with E-state index in [2.05, 4.69) is 21.9 Å². The lowest BCUT2D eigenvalue weighted by Crippen LogP contribution is -2.16. The first kappa shape index (κ1) is 18.9. The lowest BCUT2D eigenvalue weighted by Gasteiger charge is -2.18. The van der Waals surface area contributed by atoms with Gasteiger partial charge in [-0.2, -0.15) is 0 Å². The van der Waals surface area contributed by atoms with Crippen LogP contribution in [0.1, 0.15) is 23.9 Å². The Kier molecular flexibility index (Phi) is 4.89. The van der Waals surface area contributed by atoms with E-state index in [-0.39, 0.29) is 17.3 Å². The number of aryl methyl sites for hydroxylation is 1. The van der Waals surface area contributed by atoms with E-state index in [4.69, 9.17) is 21.2 Å². The van der Waals surface area contributed by atoms with Crippen molar-refractivity contribution in [2.45, 2.75) is 12.5 Å². The largest absolute Gasteiger partial charge is 0.393 e. The zero-order valence-corrected chi connectivity index (χ0v) is 16.0. The fourth-order valence-corrected chi connectivity index (χ4v) is 3.54. The number of nitrogens with one attached hydrogen (secondary N) is 1. The molecule has 3 aromatic rings. The Hall–Kier alpha value is -3.46. The third-order valence-corrected chi connectivity index (χ3v) is 5.03. The van der Waals surface area contributed by atoms with Crippen molar-refractivity contribution >= 4 is 33.9 Å². The monoisotopic (exact) mass is 395 g/mol. The normalized spacial score (nSPS) is 15.2. The number of hydrogen-bond acceptors (Lipinski definition) is 7. The number of ether oxygens (including phenoxy) is 1. The SMILES string of the molecule is C=C[C@H](Nc1ncnc(N)c1N)c1nc2ccc(F)c(C3=CCOCC3)c2n1C. The third-order valence-electron chi connectivity index (χ3n) is 5.03.